The lowest BCUT2D eigenvalue weighted by molar-refractivity contribution is 0.242. The lowest BCUT2D eigenvalue weighted by Crippen LogP contribution is -2.10. The van der Waals surface area contributed by atoms with Crippen LogP contribution in [0.3, 0.4) is 0 Å². The van der Waals surface area contributed by atoms with E-state index in [4.69, 9.17) is 4.74 Å². The fourth-order valence-corrected chi connectivity index (χ4v) is 2.15. The zero-order valence-electron chi connectivity index (χ0n) is 11.7. The van der Waals surface area contributed by atoms with Gasteiger partial charge in [0.15, 0.2) is 0 Å². The van der Waals surface area contributed by atoms with Gasteiger partial charge in [0.25, 0.3) is 5.56 Å². The molecule has 0 atom stereocenters. The summed E-state index contributed by atoms with van der Waals surface area (Å²) >= 11 is 0. The first kappa shape index (κ1) is 12.9. The first-order valence-corrected chi connectivity index (χ1v) is 7.00. The minimum atomic E-state index is -0.0839. The van der Waals surface area contributed by atoms with Crippen LogP contribution >= 0.6 is 0 Å². The SMILES string of the molecule is CC(C)Oc1ccc(-c2cc(=O)[nH]c(C3CC3)n2)cc1. The molecule has 1 aromatic carbocycles. The zero-order valence-corrected chi connectivity index (χ0v) is 11.7. The fourth-order valence-electron chi connectivity index (χ4n) is 2.15. The second-order valence-corrected chi connectivity index (χ2v) is 5.48. The van der Waals surface area contributed by atoms with E-state index < -0.39 is 0 Å². The smallest absolute Gasteiger partial charge is 0.251 e. The molecule has 0 unspecified atom stereocenters. The Morgan fingerprint density at radius 2 is 1.95 bits per heavy atom. The van der Waals surface area contributed by atoms with Gasteiger partial charge in [-0.3, -0.25) is 4.79 Å². The molecule has 1 N–H and O–H groups in total. The Balaban J connectivity index is 1.90. The largest absolute Gasteiger partial charge is 0.491 e. The monoisotopic (exact) mass is 270 g/mol. The van der Waals surface area contributed by atoms with Gasteiger partial charge in [0.05, 0.1) is 11.8 Å². The molecular formula is C16H18N2O2. The minimum Gasteiger partial charge on any atom is -0.491 e. The summed E-state index contributed by atoms with van der Waals surface area (Å²) < 4.78 is 5.61. The van der Waals surface area contributed by atoms with Crippen molar-refractivity contribution >= 4 is 0 Å². The maximum atomic E-state index is 11.7. The van der Waals surface area contributed by atoms with E-state index in [9.17, 15) is 4.79 Å². The summed E-state index contributed by atoms with van der Waals surface area (Å²) in [5, 5.41) is 0. The summed E-state index contributed by atoms with van der Waals surface area (Å²) in [4.78, 5) is 19.1. The van der Waals surface area contributed by atoms with Crippen molar-refractivity contribution < 1.29 is 4.74 Å². The Morgan fingerprint density at radius 1 is 1.25 bits per heavy atom. The number of aromatic amines is 1. The second-order valence-electron chi connectivity index (χ2n) is 5.48. The van der Waals surface area contributed by atoms with Gasteiger partial charge in [0.1, 0.15) is 11.6 Å². The zero-order chi connectivity index (χ0) is 14.1. The van der Waals surface area contributed by atoms with E-state index in [0.717, 1.165) is 35.7 Å². The average Bonchev–Trinajstić information content (AvgIpc) is 3.22. The summed E-state index contributed by atoms with van der Waals surface area (Å²) in [6, 6.07) is 9.25. The number of hydrogen-bond donors (Lipinski definition) is 1. The van der Waals surface area contributed by atoms with Crippen LogP contribution in [0.4, 0.5) is 0 Å². The third-order valence-electron chi connectivity index (χ3n) is 3.25. The van der Waals surface area contributed by atoms with E-state index >= 15 is 0 Å². The highest BCUT2D eigenvalue weighted by Crippen LogP contribution is 2.38. The minimum absolute atomic E-state index is 0.0839. The van der Waals surface area contributed by atoms with Crippen molar-refractivity contribution in [1.29, 1.82) is 0 Å². The van der Waals surface area contributed by atoms with Crippen LogP contribution in [0.5, 0.6) is 5.75 Å². The standard InChI is InChI=1S/C16H18N2O2/c1-10(2)20-13-7-5-11(6-8-13)14-9-15(19)18-16(17-14)12-3-4-12/h5-10,12H,3-4H2,1-2H3,(H,17,18,19). The number of nitrogens with zero attached hydrogens (tertiary/aromatic N) is 1. The molecule has 1 aliphatic rings. The van der Waals surface area contributed by atoms with Crippen LogP contribution < -0.4 is 10.3 Å². The molecule has 2 aromatic rings. The van der Waals surface area contributed by atoms with Crippen molar-refractivity contribution in [2.75, 3.05) is 0 Å². The number of nitrogens with one attached hydrogen (secondary N) is 1. The van der Waals surface area contributed by atoms with Crippen LogP contribution in [-0.2, 0) is 0 Å². The third kappa shape index (κ3) is 2.90. The quantitative estimate of drug-likeness (QED) is 0.928. The first-order valence-electron chi connectivity index (χ1n) is 7.00. The van der Waals surface area contributed by atoms with Gasteiger partial charge in [-0.2, -0.15) is 0 Å². The molecule has 4 heteroatoms. The highest BCUT2D eigenvalue weighted by atomic mass is 16.5. The summed E-state index contributed by atoms with van der Waals surface area (Å²) in [5.74, 6) is 2.08. The number of rotatable bonds is 4. The molecule has 0 spiro atoms. The van der Waals surface area contributed by atoms with Gasteiger partial charge >= 0.3 is 0 Å². The summed E-state index contributed by atoms with van der Waals surface area (Å²) in [6.45, 7) is 3.99. The molecule has 0 saturated heterocycles. The Morgan fingerprint density at radius 3 is 2.55 bits per heavy atom. The molecule has 1 aromatic heterocycles. The number of ether oxygens (including phenoxy) is 1. The van der Waals surface area contributed by atoms with Crippen molar-refractivity contribution in [3.05, 3.63) is 46.5 Å². The highest BCUT2D eigenvalue weighted by molar-refractivity contribution is 5.59. The van der Waals surface area contributed by atoms with Crippen LogP contribution in [0.2, 0.25) is 0 Å². The van der Waals surface area contributed by atoms with Crippen molar-refractivity contribution in [1.82, 2.24) is 9.97 Å². The van der Waals surface area contributed by atoms with Crippen molar-refractivity contribution in [2.24, 2.45) is 0 Å². The maximum absolute atomic E-state index is 11.7. The molecule has 0 aliphatic heterocycles. The number of H-pyrrole nitrogens is 1. The normalized spacial score (nSPS) is 14.6. The number of aromatic nitrogens is 2. The topological polar surface area (TPSA) is 55.0 Å². The van der Waals surface area contributed by atoms with Gasteiger partial charge in [-0.05, 0) is 51.0 Å². The molecular weight excluding hydrogens is 252 g/mol. The Bertz CT molecular complexity index is 655. The van der Waals surface area contributed by atoms with Gasteiger partial charge in [-0.1, -0.05) is 0 Å². The Labute approximate surface area is 117 Å². The molecule has 1 heterocycles. The highest BCUT2D eigenvalue weighted by Gasteiger charge is 2.26. The van der Waals surface area contributed by atoms with Crippen LogP contribution in [0.15, 0.2) is 35.1 Å². The van der Waals surface area contributed by atoms with Crippen LogP contribution in [0.25, 0.3) is 11.3 Å². The number of benzene rings is 1. The Hall–Kier alpha value is -2.10. The lowest BCUT2D eigenvalue weighted by Gasteiger charge is -2.10. The van der Waals surface area contributed by atoms with E-state index in [1.807, 2.05) is 38.1 Å². The van der Waals surface area contributed by atoms with Gasteiger partial charge in [-0.25, -0.2) is 4.98 Å². The Kier molecular flexibility index (Phi) is 3.30. The van der Waals surface area contributed by atoms with Gasteiger partial charge in [0, 0.05) is 17.5 Å². The maximum Gasteiger partial charge on any atom is 0.251 e. The van der Waals surface area contributed by atoms with Gasteiger partial charge < -0.3 is 9.72 Å². The van der Waals surface area contributed by atoms with Gasteiger partial charge in [0.2, 0.25) is 0 Å². The van der Waals surface area contributed by atoms with Crippen molar-refractivity contribution in [2.45, 2.75) is 38.7 Å². The molecule has 4 nitrogen and oxygen atoms in total. The van der Waals surface area contributed by atoms with Gasteiger partial charge in [-0.15, -0.1) is 0 Å². The summed E-state index contributed by atoms with van der Waals surface area (Å²) in [6.07, 6.45) is 2.39. The van der Waals surface area contributed by atoms with E-state index in [-0.39, 0.29) is 11.7 Å². The molecule has 104 valence electrons. The van der Waals surface area contributed by atoms with Crippen LogP contribution in [0, 0.1) is 0 Å². The average molecular weight is 270 g/mol. The number of hydrogen-bond acceptors (Lipinski definition) is 3. The van der Waals surface area contributed by atoms with Crippen LogP contribution in [-0.4, -0.2) is 16.1 Å². The predicted molar refractivity (Wildman–Crippen MR) is 78.0 cm³/mol. The summed E-state index contributed by atoms with van der Waals surface area (Å²) in [7, 11) is 0. The molecule has 1 saturated carbocycles. The third-order valence-corrected chi connectivity index (χ3v) is 3.25. The van der Waals surface area contributed by atoms with Crippen molar-refractivity contribution in [3.8, 4) is 17.0 Å². The molecule has 1 fully saturated rings. The van der Waals surface area contributed by atoms with E-state index in [0.29, 0.717) is 5.92 Å². The summed E-state index contributed by atoms with van der Waals surface area (Å²) in [5.41, 5.74) is 1.58. The molecule has 3 rings (SSSR count). The van der Waals surface area contributed by atoms with Crippen LogP contribution in [0.1, 0.15) is 38.4 Å². The predicted octanol–water partition coefficient (Wildman–Crippen LogP) is 3.10. The fraction of sp³-hybridized carbons (Fsp3) is 0.375. The first-order chi connectivity index (χ1) is 9.61. The van der Waals surface area contributed by atoms with E-state index in [2.05, 4.69) is 9.97 Å². The van der Waals surface area contributed by atoms with E-state index in [1.165, 1.54) is 0 Å². The van der Waals surface area contributed by atoms with E-state index in [1.54, 1.807) is 6.07 Å². The lowest BCUT2D eigenvalue weighted by atomic mass is 10.1. The second kappa shape index (κ2) is 5.12. The molecule has 0 bridgehead atoms. The molecule has 20 heavy (non-hydrogen) atoms. The molecule has 0 amide bonds. The molecule has 1 aliphatic carbocycles. The molecule has 0 radical (unpaired) electrons. The van der Waals surface area contributed by atoms with Crippen molar-refractivity contribution in [3.63, 3.8) is 0 Å².